The summed E-state index contributed by atoms with van der Waals surface area (Å²) in [6, 6.07) is 11.7. The van der Waals surface area contributed by atoms with Crippen LogP contribution in [0.4, 0.5) is 20.3 Å². The molecule has 10 nitrogen and oxygen atoms in total. The Labute approximate surface area is 270 Å². The molecule has 5 heterocycles. The van der Waals surface area contributed by atoms with Crippen LogP contribution < -0.4 is 15.1 Å². The number of aromatic amines is 2. The Balaban J connectivity index is 0.882. The molecule has 2 saturated heterocycles. The largest absolute Gasteiger partial charge is 0.357 e. The number of pyridine rings is 1. The van der Waals surface area contributed by atoms with Crippen LogP contribution in [0, 0.1) is 17.3 Å². The highest BCUT2D eigenvalue weighted by atomic mass is 19.3. The van der Waals surface area contributed by atoms with Crippen LogP contribution in [0.15, 0.2) is 42.6 Å². The molecule has 0 spiro atoms. The Morgan fingerprint density at radius 2 is 1.91 bits per heavy atom. The summed E-state index contributed by atoms with van der Waals surface area (Å²) in [5, 5.41) is 10.9. The molecule has 0 bridgehead atoms. The van der Waals surface area contributed by atoms with Gasteiger partial charge in [0.2, 0.25) is 17.7 Å². The quantitative estimate of drug-likeness (QED) is 0.251. The van der Waals surface area contributed by atoms with E-state index in [4.69, 9.17) is 0 Å². The molecule has 47 heavy (non-hydrogen) atoms. The second-order valence-electron chi connectivity index (χ2n) is 14.0. The second kappa shape index (κ2) is 10.7. The number of carbonyl (C=O) groups is 3. The SMILES string of the molecule is CN(C(=O)CC1CCN(c2ccc(C3CCC(=O)NC3=O)cn2)CC1)c1ccc2cc(-c3n[nH]c4c3C[C@@H]3C(F)(F)C3(C)C4)[nH]c2c1. The zero-order valence-electron chi connectivity index (χ0n) is 26.4. The first-order valence-corrected chi connectivity index (χ1v) is 16.4. The number of amides is 3. The zero-order valence-corrected chi connectivity index (χ0v) is 26.4. The standard InChI is InChI=1S/C35H37F2N7O3/c1-34-17-27-24(16-28(34)35(34,36)37)32(42-41-27)26-14-20-3-5-22(15-25(20)39-26)43(2)31(46)13-19-9-11-44(12-10-19)29-7-4-21(18-38-29)23-6-8-30(45)40-33(23)47/h3-5,7,14-15,18-19,23,28,39H,6,8-13,16-17H2,1-2H3,(H,41,42)(H,40,45,47)/t23?,28-,34?/m0/s1. The van der Waals surface area contributed by atoms with Crippen LogP contribution >= 0.6 is 0 Å². The summed E-state index contributed by atoms with van der Waals surface area (Å²) in [6.07, 6.45) is 5.37. The van der Waals surface area contributed by atoms with E-state index in [2.05, 4.69) is 30.4 Å². The number of nitrogens with zero attached hydrogens (tertiary/aromatic N) is 4. The maximum atomic E-state index is 14.4. The third kappa shape index (κ3) is 4.91. The Bertz CT molecular complexity index is 1910. The lowest BCUT2D eigenvalue weighted by atomic mass is 9.87. The summed E-state index contributed by atoms with van der Waals surface area (Å²) in [5.41, 5.74) is 4.62. The number of H-pyrrole nitrogens is 2. The van der Waals surface area contributed by atoms with Crippen LogP contribution in [-0.2, 0) is 27.2 Å². The van der Waals surface area contributed by atoms with Crippen molar-refractivity contribution in [1.82, 2.24) is 25.5 Å². The van der Waals surface area contributed by atoms with Gasteiger partial charge in [0.15, 0.2) is 0 Å². The van der Waals surface area contributed by atoms with Crippen molar-refractivity contribution in [1.29, 1.82) is 0 Å². The highest BCUT2D eigenvalue weighted by Gasteiger charge is 2.78. The first-order valence-electron chi connectivity index (χ1n) is 16.4. The highest BCUT2D eigenvalue weighted by molar-refractivity contribution is 6.01. The lowest BCUT2D eigenvalue weighted by Crippen LogP contribution is -2.39. The fourth-order valence-corrected chi connectivity index (χ4v) is 7.98. The molecule has 8 rings (SSSR count). The number of piperidine rings is 2. The number of halogens is 2. The van der Waals surface area contributed by atoms with Crippen molar-refractivity contribution in [3.63, 3.8) is 0 Å². The molecule has 2 aliphatic heterocycles. The molecule has 3 fully saturated rings. The summed E-state index contributed by atoms with van der Waals surface area (Å²) in [7, 11) is 1.80. The predicted octanol–water partition coefficient (Wildman–Crippen LogP) is 5.11. The first-order chi connectivity index (χ1) is 22.5. The topological polar surface area (TPSA) is 127 Å². The van der Waals surface area contributed by atoms with Gasteiger partial charge in [-0.05, 0) is 61.4 Å². The van der Waals surface area contributed by atoms with Crippen molar-refractivity contribution in [3.8, 4) is 11.4 Å². The summed E-state index contributed by atoms with van der Waals surface area (Å²) in [6.45, 7) is 3.24. The number of fused-ring (bicyclic) bond motifs is 3. The molecule has 3 amide bonds. The number of hydrogen-bond donors (Lipinski definition) is 3. The first kappa shape index (κ1) is 29.8. The van der Waals surface area contributed by atoms with Gasteiger partial charge in [-0.25, -0.2) is 13.8 Å². The lowest BCUT2D eigenvalue weighted by Gasteiger charge is -2.33. The van der Waals surface area contributed by atoms with E-state index >= 15 is 0 Å². The molecule has 3 N–H and O–H groups in total. The van der Waals surface area contributed by atoms with E-state index < -0.39 is 17.3 Å². The summed E-state index contributed by atoms with van der Waals surface area (Å²) >= 11 is 0. The number of benzene rings is 1. The van der Waals surface area contributed by atoms with Gasteiger partial charge in [-0.2, -0.15) is 5.10 Å². The van der Waals surface area contributed by atoms with Crippen molar-refractivity contribution in [2.24, 2.45) is 17.3 Å². The van der Waals surface area contributed by atoms with Gasteiger partial charge in [-0.1, -0.05) is 19.1 Å². The number of alkyl halides is 2. The van der Waals surface area contributed by atoms with Crippen molar-refractivity contribution >= 4 is 40.1 Å². The van der Waals surface area contributed by atoms with Gasteiger partial charge in [0, 0.05) is 84.8 Å². The summed E-state index contributed by atoms with van der Waals surface area (Å²) < 4.78 is 28.9. The average molecular weight is 642 g/mol. The molecule has 1 aromatic carbocycles. The Morgan fingerprint density at radius 3 is 2.66 bits per heavy atom. The van der Waals surface area contributed by atoms with E-state index in [1.165, 1.54) is 0 Å². The molecule has 4 aliphatic rings. The van der Waals surface area contributed by atoms with Crippen molar-refractivity contribution in [2.75, 3.05) is 29.9 Å². The van der Waals surface area contributed by atoms with Crippen LogP contribution in [0.25, 0.3) is 22.3 Å². The molecule has 2 unspecified atom stereocenters. The minimum absolute atomic E-state index is 0.0519. The van der Waals surface area contributed by atoms with Crippen LogP contribution in [0.5, 0.6) is 0 Å². The second-order valence-corrected chi connectivity index (χ2v) is 14.0. The van der Waals surface area contributed by atoms with Crippen LogP contribution in [-0.4, -0.2) is 63.9 Å². The van der Waals surface area contributed by atoms with E-state index in [9.17, 15) is 23.2 Å². The van der Waals surface area contributed by atoms with Gasteiger partial charge in [-0.3, -0.25) is 24.8 Å². The molecule has 4 aromatic rings. The van der Waals surface area contributed by atoms with Gasteiger partial charge in [0.05, 0.1) is 11.6 Å². The summed E-state index contributed by atoms with van der Waals surface area (Å²) in [5.74, 6) is -2.97. The Hall–Kier alpha value is -4.61. The average Bonchev–Trinajstić information content (AvgIpc) is 3.45. The number of imide groups is 1. The van der Waals surface area contributed by atoms with E-state index in [1.54, 1.807) is 25.1 Å². The number of anilines is 2. The highest BCUT2D eigenvalue weighted by Crippen LogP contribution is 2.70. The molecule has 3 aromatic heterocycles. The molecule has 0 radical (unpaired) electrons. The lowest BCUT2D eigenvalue weighted by molar-refractivity contribution is -0.134. The smallest absolute Gasteiger partial charge is 0.258 e. The van der Waals surface area contributed by atoms with Crippen LogP contribution in [0.3, 0.4) is 0 Å². The third-order valence-corrected chi connectivity index (χ3v) is 11.2. The monoisotopic (exact) mass is 641 g/mol. The van der Waals surface area contributed by atoms with E-state index in [0.717, 1.165) is 70.9 Å². The van der Waals surface area contributed by atoms with E-state index in [0.29, 0.717) is 37.8 Å². The maximum Gasteiger partial charge on any atom is 0.258 e. The number of aromatic nitrogens is 4. The van der Waals surface area contributed by atoms with Crippen molar-refractivity contribution < 1.29 is 23.2 Å². The number of nitrogens with one attached hydrogen (secondary N) is 3. The number of hydrogen-bond acceptors (Lipinski definition) is 6. The fourth-order valence-electron chi connectivity index (χ4n) is 7.98. The minimum Gasteiger partial charge on any atom is -0.357 e. The summed E-state index contributed by atoms with van der Waals surface area (Å²) in [4.78, 5) is 49.0. The Kier molecular flexibility index (Phi) is 6.79. The zero-order chi connectivity index (χ0) is 32.7. The fraction of sp³-hybridized carbons (Fsp3) is 0.457. The Morgan fingerprint density at radius 1 is 1.11 bits per heavy atom. The normalized spacial score (nSPS) is 25.3. The van der Waals surface area contributed by atoms with Gasteiger partial charge in [0.25, 0.3) is 5.92 Å². The predicted molar refractivity (Wildman–Crippen MR) is 172 cm³/mol. The molecule has 12 heteroatoms. The van der Waals surface area contributed by atoms with Gasteiger partial charge >= 0.3 is 0 Å². The molecule has 244 valence electrons. The van der Waals surface area contributed by atoms with E-state index in [1.807, 2.05) is 36.4 Å². The van der Waals surface area contributed by atoms with Crippen LogP contribution in [0.2, 0.25) is 0 Å². The van der Waals surface area contributed by atoms with Crippen molar-refractivity contribution in [3.05, 3.63) is 59.4 Å². The maximum absolute atomic E-state index is 14.4. The molecule has 1 saturated carbocycles. The van der Waals surface area contributed by atoms with Gasteiger partial charge in [0.1, 0.15) is 11.5 Å². The van der Waals surface area contributed by atoms with Crippen LogP contribution in [0.1, 0.15) is 61.8 Å². The minimum atomic E-state index is -2.64. The molecular weight excluding hydrogens is 604 g/mol. The van der Waals surface area contributed by atoms with Crippen molar-refractivity contribution in [2.45, 2.75) is 63.7 Å². The molecule has 3 atom stereocenters. The van der Waals surface area contributed by atoms with Gasteiger partial charge < -0.3 is 14.8 Å². The van der Waals surface area contributed by atoms with Gasteiger partial charge in [-0.15, -0.1) is 0 Å². The van der Waals surface area contributed by atoms with E-state index in [-0.39, 0.29) is 29.6 Å². The molecule has 2 aliphatic carbocycles. The molecular formula is C35H37F2N7O3. The number of carbonyl (C=O) groups excluding carboxylic acids is 3. The number of rotatable bonds is 6. The third-order valence-electron chi connectivity index (χ3n) is 11.2.